The third-order valence-electron chi connectivity index (χ3n) is 9.01. The number of carbonyl (C=O) groups excluding carboxylic acids is 1. The van der Waals surface area contributed by atoms with Crippen molar-refractivity contribution >= 4 is 51.0 Å². The molecule has 1 spiro atoms. The zero-order valence-corrected chi connectivity index (χ0v) is 25.8. The average Bonchev–Trinajstić information content (AvgIpc) is 3.76. The summed E-state index contributed by atoms with van der Waals surface area (Å²) in [6.45, 7) is 4.20. The number of piperidine rings is 1. The molecule has 1 aromatic carbocycles. The number of halogens is 4. The Hall–Kier alpha value is -3.75. The van der Waals surface area contributed by atoms with Gasteiger partial charge in [0, 0.05) is 41.3 Å². The van der Waals surface area contributed by atoms with Crippen LogP contribution in [0, 0.1) is 0 Å². The summed E-state index contributed by atoms with van der Waals surface area (Å²) in [7, 11) is 0. The van der Waals surface area contributed by atoms with E-state index in [0.29, 0.717) is 31.0 Å². The highest BCUT2D eigenvalue weighted by Gasteiger charge is 2.49. The molecule has 45 heavy (non-hydrogen) atoms. The van der Waals surface area contributed by atoms with Gasteiger partial charge in [0.1, 0.15) is 6.54 Å². The predicted octanol–water partition coefficient (Wildman–Crippen LogP) is 5.51. The number of ether oxygens (including phenoxy) is 1. The van der Waals surface area contributed by atoms with Crippen LogP contribution in [0.4, 0.5) is 24.0 Å². The third kappa shape index (κ3) is 5.32. The topological polar surface area (TPSA) is 107 Å². The van der Waals surface area contributed by atoms with E-state index in [4.69, 9.17) is 21.3 Å². The van der Waals surface area contributed by atoms with Crippen molar-refractivity contribution in [3.8, 4) is 0 Å². The van der Waals surface area contributed by atoms with Crippen LogP contribution in [0.15, 0.2) is 40.6 Å². The second kappa shape index (κ2) is 11.2. The fourth-order valence-corrected chi connectivity index (χ4v) is 7.89. The molecular weight excluding hydrogens is 631 g/mol. The summed E-state index contributed by atoms with van der Waals surface area (Å²) in [5.74, 6) is 0.0539. The summed E-state index contributed by atoms with van der Waals surface area (Å²) >= 11 is 7.72. The van der Waals surface area contributed by atoms with E-state index in [-0.39, 0.29) is 34.5 Å². The van der Waals surface area contributed by atoms with Crippen LogP contribution >= 0.6 is 22.9 Å². The molecule has 0 saturated carbocycles. The number of thiazole rings is 1. The van der Waals surface area contributed by atoms with Crippen LogP contribution in [0.2, 0.25) is 5.02 Å². The van der Waals surface area contributed by atoms with E-state index in [1.807, 2.05) is 11.5 Å². The number of hydrogen-bond donors (Lipinski definition) is 1. The molecule has 1 aliphatic carbocycles. The highest BCUT2D eigenvalue weighted by molar-refractivity contribution is 7.13. The molecule has 1 amide bonds. The second-order valence-corrected chi connectivity index (χ2v) is 13.1. The first-order chi connectivity index (χ1) is 21.5. The van der Waals surface area contributed by atoms with Gasteiger partial charge >= 0.3 is 6.18 Å². The van der Waals surface area contributed by atoms with Crippen molar-refractivity contribution in [3.63, 3.8) is 0 Å². The molecule has 3 aromatic heterocycles. The summed E-state index contributed by atoms with van der Waals surface area (Å²) in [6, 6.07) is 2.78. The van der Waals surface area contributed by atoms with Crippen LogP contribution in [0.3, 0.4) is 0 Å². The number of carbonyl (C=O) groups is 1. The van der Waals surface area contributed by atoms with E-state index in [1.165, 1.54) is 4.52 Å². The van der Waals surface area contributed by atoms with Crippen molar-refractivity contribution in [3.05, 3.63) is 73.9 Å². The Morgan fingerprint density at radius 3 is 2.73 bits per heavy atom. The van der Waals surface area contributed by atoms with Gasteiger partial charge in [-0.2, -0.15) is 22.7 Å². The number of hydrogen-bond acceptors (Lipinski definition) is 8. The summed E-state index contributed by atoms with van der Waals surface area (Å²) < 4.78 is 48.0. The largest absolute Gasteiger partial charge is 0.416 e. The number of nitrogens with one attached hydrogen (secondary N) is 1. The summed E-state index contributed by atoms with van der Waals surface area (Å²) in [4.78, 5) is 39.3. The molecule has 1 atom stereocenters. The van der Waals surface area contributed by atoms with Crippen molar-refractivity contribution in [2.24, 2.45) is 0 Å². The highest BCUT2D eigenvalue weighted by Crippen LogP contribution is 2.51. The van der Waals surface area contributed by atoms with Crippen LogP contribution in [0.25, 0.3) is 11.4 Å². The van der Waals surface area contributed by atoms with E-state index >= 15 is 0 Å². The molecule has 10 nitrogen and oxygen atoms in total. The minimum absolute atomic E-state index is 0.0528. The number of benzene rings is 1. The van der Waals surface area contributed by atoms with E-state index in [9.17, 15) is 22.8 Å². The van der Waals surface area contributed by atoms with Gasteiger partial charge in [-0.05, 0) is 55.4 Å². The fraction of sp³-hybridized carbons (Fsp3) is 0.433. The Morgan fingerprint density at radius 2 is 2.07 bits per heavy atom. The highest BCUT2D eigenvalue weighted by atomic mass is 35.5. The fourth-order valence-electron chi connectivity index (χ4n) is 6.97. The lowest BCUT2D eigenvalue weighted by Gasteiger charge is -2.39. The Bertz CT molecular complexity index is 1880. The third-order valence-corrected chi connectivity index (χ3v) is 10.2. The summed E-state index contributed by atoms with van der Waals surface area (Å²) in [5, 5.41) is 9.96. The van der Waals surface area contributed by atoms with Crippen LogP contribution in [-0.2, 0) is 27.7 Å². The maximum Gasteiger partial charge on any atom is 0.416 e. The molecule has 15 heteroatoms. The van der Waals surface area contributed by atoms with Gasteiger partial charge in [-0.25, -0.2) is 4.98 Å². The van der Waals surface area contributed by atoms with E-state index < -0.39 is 23.1 Å². The van der Waals surface area contributed by atoms with Gasteiger partial charge in [0.05, 0.1) is 29.5 Å². The molecule has 236 valence electrons. The maximum atomic E-state index is 14.3. The molecule has 4 aromatic rings. The molecule has 5 heterocycles. The zero-order valence-electron chi connectivity index (χ0n) is 24.2. The normalized spacial score (nSPS) is 19.6. The SMILES string of the molecule is CC1CC2(CCN(c3nccs3)CC2)c2c1n(CC(=O)Nc1ccc(C(F)(F)F)cc1Cl)c1nc(C3=CCOCC3)nn1c2=O. The Morgan fingerprint density at radius 1 is 1.27 bits per heavy atom. The van der Waals surface area contributed by atoms with Crippen molar-refractivity contribution in [2.75, 3.05) is 36.5 Å². The first-order valence-corrected chi connectivity index (χ1v) is 15.9. The molecule has 7 rings (SSSR count). The standard InChI is InChI=1S/C30H29ClF3N7O3S/c1-17-15-29(6-9-39(10-7-29)28-35-8-13-45-28)23-24(17)40(16-22(42)36-21-3-2-19(14-20(21)31)30(32,33)34)27-37-25(38-41(27)26(23)43)18-4-11-44-12-5-18/h2-4,8,13-14,17H,5-7,9-12,15-16H2,1H3,(H,36,42). The first kappa shape index (κ1) is 29.9. The number of alkyl halides is 3. The van der Waals surface area contributed by atoms with E-state index in [0.717, 1.165) is 66.9 Å². The molecule has 1 fully saturated rings. The van der Waals surface area contributed by atoms with Gasteiger partial charge in [-0.15, -0.1) is 16.4 Å². The monoisotopic (exact) mass is 659 g/mol. The van der Waals surface area contributed by atoms with Crippen molar-refractivity contribution in [2.45, 2.75) is 56.7 Å². The van der Waals surface area contributed by atoms with Crippen LogP contribution in [0.1, 0.15) is 61.2 Å². The van der Waals surface area contributed by atoms with Crippen LogP contribution in [0.5, 0.6) is 0 Å². The number of amides is 1. The quantitative estimate of drug-likeness (QED) is 0.301. The Kier molecular flexibility index (Phi) is 7.48. The van der Waals surface area contributed by atoms with Gasteiger partial charge in [0.25, 0.3) is 5.56 Å². The predicted molar refractivity (Wildman–Crippen MR) is 164 cm³/mol. The molecule has 1 unspecified atom stereocenters. The molecule has 2 aliphatic heterocycles. The molecule has 0 bridgehead atoms. The van der Waals surface area contributed by atoms with Gasteiger partial charge < -0.3 is 19.5 Å². The minimum Gasteiger partial charge on any atom is -0.377 e. The summed E-state index contributed by atoms with van der Waals surface area (Å²) in [5.41, 5.74) is 0.744. The Balaban J connectivity index is 1.29. The molecule has 0 radical (unpaired) electrons. The smallest absolute Gasteiger partial charge is 0.377 e. The number of aromatic nitrogens is 5. The van der Waals surface area contributed by atoms with Crippen molar-refractivity contribution in [1.82, 2.24) is 24.1 Å². The van der Waals surface area contributed by atoms with E-state index in [2.05, 4.69) is 27.2 Å². The lowest BCUT2D eigenvalue weighted by Crippen LogP contribution is -2.44. The lowest BCUT2D eigenvalue weighted by molar-refractivity contribution is -0.137. The van der Waals surface area contributed by atoms with Crippen molar-refractivity contribution in [1.29, 1.82) is 0 Å². The van der Waals surface area contributed by atoms with Gasteiger partial charge in [-0.1, -0.05) is 24.6 Å². The average molecular weight is 660 g/mol. The van der Waals surface area contributed by atoms with Gasteiger partial charge in [0.15, 0.2) is 11.0 Å². The number of rotatable bonds is 5. The summed E-state index contributed by atoms with van der Waals surface area (Å²) in [6.07, 6.45) is 1.90. The minimum atomic E-state index is -4.57. The molecule has 3 aliphatic rings. The van der Waals surface area contributed by atoms with Crippen LogP contribution in [-0.4, -0.2) is 56.4 Å². The van der Waals surface area contributed by atoms with Gasteiger partial charge in [0.2, 0.25) is 11.7 Å². The second-order valence-electron chi connectivity index (χ2n) is 11.8. The first-order valence-electron chi connectivity index (χ1n) is 14.7. The maximum absolute atomic E-state index is 14.3. The molecular formula is C30H29ClF3N7O3S. The van der Waals surface area contributed by atoms with Crippen LogP contribution < -0.4 is 15.8 Å². The number of fused-ring (bicyclic) bond motifs is 3. The number of anilines is 2. The molecule has 1 N–H and O–H groups in total. The molecule has 1 saturated heterocycles. The van der Waals surface area contributed by atoms with Crippen molar-refractivity contribution < 1.29 is 22.7 Å². The van der Waals surface area contributed by atoms with Gasteiger partial charge in [-0.3, -0.25) is 9.59 Å². The van der Waals surface area contributed by atoms with E-state index in [1.54, 1.807) is 22.1 Å². The number of nitrogens with zero attached hydrogens (tertiary/aromatic N) is 6. The lowest BCUT2D eigenvalue weighted by atomic mass is 9.74. The Labute approximate surface area is 264 Å². The zero-order chi connectivity index (χ0) is 31.5.